The number of hydrogen-bond acceptors (Lipinski definition) is 4. The van der Waals surface area contributed by atoms with Crippen LogP contribution in [-0.2, 0) is 17.6 Å². The van der Waals surface area contributed by atoms with Crippen LogP contribution in [-0.4, -0.2) is 11.7 Å². The number of carbonyl (C=O) groups is 2. The number of nitrogens with one attached hydrogen (secondary N) is 1. The van der Waals surface area contributed by atoms with Gasteiger partial charge in [-0.25, -0.2) is 0 Å². The van der Waals surface area contributed by atoms with E-state index in [2.05, 4.69) is 5.32 Å². The molecule has 0 aliphatic rings. The number of aryl methyl sites for hydroxylation is 1. The second kappa shape index (κ2) is 8.16. The summed E-state index contributed by atoms with van der Waals surface area (Å²) >= 11 is 0. The van der Waals surface area contributed by atoms with E-state index in [-0.39, 0.29) is 24.5 Å². The van der Waals surface area contributed by atoms with Crippen molar-refractivity contribution >= 4 is 23.1 Å². The quantitative estimate of drug-likeness (QED) is 0.501. The smallest absolute Gasteiger partial charge is 0.224 e. The Labute approximate surface area is 151 Å². The van der Waals surface area contributed by atoms with E-state index in [0.29, 0.717) is 34.9 Å². The van der Waals surface area contributed by atoms with E-state index in [1.54, 1.807) is 36.4 Å². The standard InChI is InChI=1S/C21H20N2O3/c22-18-8-4-5-9-19(18)23-21(25)13-12-16-10-11-17(26-16)14-20(24)15-6-2-1-3-7-15/h1-11H,12-14,22H2,(H,23,25). The van der Waals surface area contributed by atoms with Crippen LogP contribution < -0.4 is 11.1 Å². The molecule has 5 heteroatoms. The normalized spacial score (nSPS) is 10.5. The zero-order valence-electron chi connectivity index (χ0n) is 14.3. The highest BCUT2D eigenvalue weighted by atomic mass is 16.3. The molecule has 0 fully saturated rings. The van der Waals surface area contributed by atoms with E-state index < -0.39 is 0 Å². The zero-order valence-corrected chi connectivity index (χ0v) is 14.3. The fraction of sp³-hybridized carbons (Fsp3) is 0.143. The molecule has 0 saturated carbocycles. The molecule has 3 N–H and O–H groups in total. The Balaban J connectivity index is 1.51. The van der Waals surface area contributed by atoms with Gasteiger partial charge in [0.15, 0.2) is 5.78 Å². The minimum atomic E-state index is -0.138. The number of carbonyl (C=O) groups excluding carboxylic acids is 2. The number of ketones is 1. The average molecular weight is 348 g/mol. The van der Waals surface area contributed by atoms with Crippen LogP contribution in [0.25, 0.3) is 0 Å². The van der Waals surface area contributed by atoms with Gasteiger partial charge in [-0.2, -0.15) is 0 Å². The number of anilines is 2. The Kier molecular flexibility index (Phi) is 5.49. The van der Waals surface area contributed by atoms with Crippen molar-refractivity contribution in [3.63, 3.8) is 0 Å². The Morgan fingerprint density at radius 2 is 1.58 bits per heavy atom. The monoisotopic (exact) mass is 348 g/mol. The van der Waals surface area contributed by atoms with Gasteiger partial charge in [0, 0.05) is 18.4 Å². The maximum atomic E-state index is 12.2. The zero-order chi connectivity index (χ0) is 18.4. The lowest BCUT2D eigenvalue weighted by atomic mass is 10.1. The Hall–Kier alpha value is -3.34. The third-order valence-electron chi connectivity index (χ3n) is 3.98. The van der Waals surface area contributed by atoms with E-state index in [0.717, 1.165) is 0 Å². The Morgan fingerprint density at radius 1 is 0.885 bits per heavy atom. The van der Waals surface area contributed by atoms with Crippen LogP contribution in [0.1, 0.15) is 28.3 Å². The summed E-state index contributed by atoms with van der Waals surface area (Å²) in [5.74, 6) is 1.14. The summed E-state index contributed by atoms with van der Waals surface area (Å²) in [6.45, 7) is 0. The van der Waals surface area contributed by atoms with Gasteiger partial charge in [0.1, 0.15) is 11.5 Å². The van der Waals surface area contributed by atoms with Crippen molar-refractivity contribution in [1.82, 2.24) is 0 Å². The van der Waals surface area contributed by atoms with Crippen molar-refractivity contribution < 1.29 is 14.0 Å². The Bertz CT molecular complexity index is 900. The van der Waals surface area contributed by atoms with Crippen LogP contribution in [0.4, 0.5) is 11.4 Å². The van der Waals surface area contributed by atoms with Crippen LogP contribution in [0.2, 0.25) is 0 Å². The molecule has 0 unspecified atom stereocenters. The second-order valence-corrected chi connectivity index (χ2v) is 5.97. The van der Waals surface area contributed by atoms with Gasteiger partial charge in [0.05, 0.1) is 17.8 Å². The van der Waals surface area contributed by atoms with Gasteiger partial charge in [0.2, 0.25) is 5.91 Å². The van der Waals surface area contributed by atoms with Crippen molar-refractivity contribution in [3.8, 4) is 0 Å². The summed E-state index contributed by atoms with van der Waals surface area (Å²) in [4.78, 5) is 24.2. The molecular formula is C21H20N2O3. The molecular weight excluding hydrogens is 328 g/mol. The maximum absolute atomic E-state index is 12.2. The van der Waals surface area contributed by atoms with Crippen molar-refractivity contribution in [2.45, 2.75) is 19.3 Å². The summed E-state index contributed by atoms with van der Waals surface area (Å²) in [6.07, 6.45) is 0.933. The number of furan rings is 1. The highest BCUT2D eigenvalue weighted by molar-refractivity contribution is 5.97. The lowest BCUT2D eigenvalue weighted by Gasteiger charge is -2.07. The van der Waals surface area contributed by atoms with Gasteiger partial charge in [-0.3, -0.25) is 9.59 Å². The third kappa shape index (κ3) is 4.60. The molecule has 3 rings (SSSR count). The molecule has 0 radical (unpaired) electrons. The summed E-state index contributed by atoms with van der Waals surface area (Å²) in [6, 6.07) is 19.8. The second-order valence-electron chi connectivity index (χ2n) is 5.97. The van der Waals surface area contributed by atoms with Crippen LogP contribution >= 0.6 is 0 Å². The highest BCUT2D eigenvalue weighted by Gasteiger charge is 2.11. The number of benzene rings is 2. The molecule has 1 heterocycles. The molecule has 0 aliphatic carbocycles. The first-order valence-electron chi connectivity index (χ1n) is 8.42. The van der Waals surface area contributed by atoms with Crippen molar-refractivity contribution in [2.75, 3.05) is 11.1 Å². The first kappa shape index (κ1) is 17.5. The summed E-state index contributed by atoms with van der Waals surface area (Å²) in [5.41, 5.74) is 7.60. The first-order valence-corrected chi connectivity index (χ1v) is 8.42. The maximum Gasteiger partial charge on any atom is 0.224 e. The molecule has 0 spiro atoms. The summed E-state index contributed by atoms with van der Waals surface area (Å²) in [7, 11) is 0. The first-order chi connectivity index (χ1) is 12.6. The van der Waals surface area contributed by atoms with Gasteiger partial charge >= 0.3 is 0 Å². The van der Waals surface area contributed by atoms with E-state index in [4.69, 9.17) is 10.2 Å². The SMILES string of the molecule is Nc1ccccc1NC(=O)CCc1ccc(CC(=O)c2ccccc2)o1. The van der Waals surface area contributed by atoms with Crippen LogP contribution in [0, 0.1) is 0 Å². The fourth-order valence-corrected chi connectivity index (χ4v) is 2.60. The predicted octanol–water partition coefficient (Wildman–Crippen LogP) is 3.86. The number of amides is 1. The van der Waals surface area contributed by atoms with E-state index in [1.807, 2.05) is 30.3 Å². The van der Waals surface area contributed by atoms with Crippen molar-refractivity contribution in [3.05, 3.63) is 83.8 Å². The largest absolute Gasteiger partial charge is 0.466 e. The highest BCUT2D eigenvalue weighted by Crippen LogP contribution is 2.18. The molecule has 5 nitrogen and oxygen atoms in total. The van der Waals surface area contributed by atoms with Crippen LogP contribution in [0.15, 0.2) is 71.1 Å². The van der Waals surface area contributed by atoms with E-state index in [9.17, 15) is 9.59 Å². The molecule has 0 bridgehead atoms. The van der Waals surface area contributed by atoms with E-state index >= 15 is 0 Å². The number of Topliss-reactive ketones (excluding diaryl/α,β-unsaturated/α-hetero) is 1. The number of nitrogens with two attached hydrogens (primary N) is 1. The topological polar surface area (TPSA) is 85.3 Å². The lowest BCUT2D eigenvalue weighted by Crippen LogP contribution is -2.13. The number of para-hydroxylation sites is 2. The summed E-state index contributed by atoms with van der Waals surface area (Å²) < 4.78 is 5.67. The number of rotatable bonds is 7. The van der Waals surface area contributed by atoms with Gasteiger partial charge in [0.25, 0.3) is 0 Å². The fourth-order valence-electron chi connectivity index (χ4n) is 2.60. The molecule has 0 aliphatic heterocycles. The average Bonchev–Trinajstić information content (AvgIpc) is 3.10. The minimum absolute atomic E-state index is 0.00351. The molecule has 1 aromatic heterocycles. The predicted molar refractivity (Wildman–Crippen MR) is 101 cm³/mol. The molecule has 26 heavy (non-hydrogen) atoms. The van der Waals surface area contributed by atoms with Crippen LogP contribution in [0.5, 0.6) is 0 Å². The molecule has 2 aromatic carbocycles. The van der Waals surface area contributed by atoms with Crippen LogP contribution in [0.3, 0.4) is 0 Å². The van der Waals surface area contributed by atoms with Gasteiger partial charge < -0.3 is 15.5 Å². The summed E-state index contributed by atoms with van der Waals surface area (Å²) in [5, 5.41) is 2.78. The molecule has 1 amide bonds. The molecule has 0 atom stereocenters. The van der Waals surface area contributed by atoms with Crippen molar-refractivity contribution in [1.29, 1.82) is 0 Å². The lowest BCUT2D eigenvalue weighted by molar-refractivity contribution is -0.116. The van der Waals surface area contributed by atoms with Gasteiger partial charge in [-0.1, -0.05) is 42.5 Å². The van der Waals surface area contributed by atoms with Gasteiger partial charge in [-0.15, -0.1) is 0 Å². The Morgan fingerprint density at radius 3 is 2.35 bits per heavy atom. The number of nitrogen functional groups attached to an aromatic ring is 1. The molecule has 132 valence electrons. The minimum Gasteiger partial charge on any atom is -0.466 e. The molecule has 3 aromatic rings. The van der Waals surface area contributed by atoms with Gasteiger partial charge in [-0.05, 0) is 24.3 Å². The third-order valence-corrected chi connectivity index (χ3v) is 3.98. The van der Waals surface area contributed by atoms with Crippen molar-refractivity contribution in [2.24, 2.45) is 0 Å². The van der Waals surface area contributed by atoms with E-state index in [1.165, 1.54) is 0 Å². The molecule has 0 saturated heterocycles. The number of hydrogen-bond donors (Lipinski definition) is 2.